The summed E-state index contributed by atoms with van der Waals surface area (Å²) >= 11 is 0. The average molecular weight is 246 g/mol. The zero-order chi connectivity index (χ0) is 12.5. The summed E-state index contributed by atoms with van der Waals surface area (Å²) in [6.07, 6.45) is 0.446. The van der Waals surface area contributed by atoms with Gasteiger partial charge in [0.1, 0.15) is 0 Å². The van der Waals surface area contributed by atoms with Crippen LogP contribution in [0.3, 0.4) is 0 Å². The van der Waals surface area contributed by atoms with E-state index >= 15 is 0 Å². The molecule has 1 fully saturated rings. The zero-order valence-corrected chi connectivity index (χ0v) is 10.1. The molecule has 0 aliphatic carbocycles. The lowest BCUT2D eigenvalue weighted by molar-refractivity contribution is -0.124. The van der Waals surface area contributed by atoms with Crippen molar-refractivity contribution in [3.8, 4) is 0 Å². The topological polar surface area (TPSA) is 80.0 Å². The molecule has 94 valence electrons. The van der Waals surface area contributed by atoms with E-state index in [2.05, 4.69) is 20.6 Å². The molecule has 2 aromatic rings. The number of carbonyl (C=O) groups excluding carboxylic acids is 1. The van der Waals surface area contributed by atoms with E-state index in [1.165, 1.54) is 0 Å². The normalized spacial score (nSPS) is 20.1. The summed E-state index contributed by atoms with van der Waals surface area (Å²) in [4.78, 5) is 20.2. The molecule has 1 atom stereocenters. The van der Waals surface area contributed by atoms with E-state index in [0.29, 0.717) is 30.1 Å². The van der Waals surface area contributed by atoms with Gasteiger partial charge in [0.25, 0.3) is 0 Å². The zero-order valence-electron chi connectivity index (χ0n) is 10.1. The number of rotatable bonds is 2. The highest BCUT2D eigenvalue weighted by atomic mass is 16.3. The molecule has 1 amide bonds. The number of nitrogens with one attached hydrogen (secondary N) is 2. The first-order valence-electron chi connectivity index (χ1n) is 5.96. The van der Waals surface area contributed by atoms with Gasteiger partial charge in [-0.05, 0) is 19.1 Å². The van der Waals surface area contributed by atoms with Gasteiger partial charge in [-0.1, -0.05) is 0 Å². The number of hydrogen-bond donors (Lipinski definition) is 2. The van der Waals surface area contributed by atoms with Crippen LogP contribution in [0.25, 0.3) is 11.2 Å². The summed E-state index contributed by atoms with van der Waals surface area (Å²) in [5, 5.41) is 5.95. The fourth-order valence-electron chi connectivity index (χ4n) is 2.03. The first kappa shape index (κ1) is 11.2. The Morgan fingerprint density at radius 3 is 3.11 bits per heavy atom. The molecule has 0 spiro atoms. The lowest BCUT2D eigenvalue weighted by Crippen LogP contribution is -2.53. The summed E-state index contributed by atoms with van der Waals surface area (Å²) in [7, 11) is 0. The van der Waals surface area contributed by atoms with Crippen molar-refractivity contribution in [2.75, 3.05) is 13.1 Å². The van der Waals surface area contributed by atoms with E-state index in [1.807, 2.05) is 19.1 Å². The Morgan fingerprint density at radius 1 is 1.39 bits per heavy atom. The number of nitrogens with zero attached hydrogens (tertiary/aromatic N) is 2. The Kier molecular flexibility index (Phi) is 2.71. The molecule has 6 heteroatoms. The summed E-state index contributed by atoms with van der Waals surface area (Å²) in [5.74, 6) is 0.533. The maximum atomic E-state index is 11.6. The molecule has 0 radical (unpaired) electrons. The predicted molar refractivity (Wildman–Crippen MR) is 65.0 cm³/mol. The van der Waals surface area contributed by atoms with Crippen molar-refractivity contribution >= 4 is 17.1 Å². The van der Waals surface area contributed by atoms with Gasteiger partial charge in [-0.25, -0.2) is 4.98 Å². The smallest absolute Gasteiger partial charge is 0.237 e. The molecule has 1 saturated heterocycles. The van der Waals surface area contributed by atoms with Crippen LogP contribution < -0.4 is 10.6 Å². The Balaban J connectivity index is 1.84. The SMILES string of the molecule is Cc1ccc2oc(CC3NCCNC3=O)nc2n1. The van der Waals surface area contributed by atoms with Crippen molar-refractivity contribution in [3.63, 3.8) is 0 Å². The predicted octanol–water partition coefficient (Wildman–Crippen LogP) is 0.162. The minimum Gasteiger partial charge on any atom is -0.439 e. The number of oxazole rings is 1. The molecule has 3 heterocycles. The second-order valence-electron chi connectivity index (χ2n) is 4.38. The Bertz CT molecular complexity index is 593. The van der Waals surface area contributed by atoms with E-state index in [9.17, 15) is 4.79 Å². The molecule has 1 aliphatic heterocycles. The van der Waals surface area contributed by atoms with Crippen LogP contribution in [-0.2, 0) is 11.2 Å². The first-order chi connectivity index (χ1) is 8.72. The number of pyridine rings is 1. The third-order valence-corrected chi connectivity index (χ3v) is 2.95. The monoisotopic (exact) mass is 246 g/mol. The Morgan fingerprint density at radius 2 is 2.28 bits per heavy atom. The first-order valence-corrected chi connectivity index (χ1v) is 5.96. The van der Waals surface area contributed by atoms with Gasteiger partial charge in [-0.3, -0.25) is 4.79 Å². The highest BCUT2D eigenvalue weighted by Crippen LogP contribution is 2.15. The minimum absolute atomic E-state index is 0.00681. The number of aryl methyl sites for hydroxylation is 1. The number of amides is 1. The van der Waals surface area contributed by atoms with E-state index in [0.717, 1.165) is 12.2 Å². The van der Waals surface area contributed by atoms with Crippen molar-refractivity contribution in [1.29, 1.82) is 0 Å². The maximum Gasteiger partial charge on any atom is 0.237 e. The largest absolute Gasteiger partial charge is 0.439 e. The van der Waals surface area contributed by atoms with Crippen LogP contribution in [-0.4, -0.2) is 35.0 Å². The standard InChI is InChI=1S/C12H14N4O2/c1-7-2-3-9-11(15-7)16-10(18-9)6-8-12(17)14-5-4-13-8/h2-3,8,13H,4-6H2,1H3,(H,14,17). The quantitative estimate of drug-likeness (QED) is 0.789. The van der Waals surface area contributed by atoms with Gasteiger partial charge < -0.3 is 15.1 Å². The van der Waals surface area contributed by atoms with Crippen molar-refractivity contribution in [3.05, 3.63) is 23.7 Å². The third kappa shape index (κ3) is 2.06. The van der Waals surface area contributed by atoms with Crippen LogP contribution >= 0.6 is 0 Å². The van der Waals surface area contributed by atoms with Crippen LogP contribution in [0.5, 0.6) is 0 Å². The number of carbonyl (C=O) groups is 1. The fourth-order valence-corrected chi connectivity index (χ4v) is 2.03. The van der Waals surface area contributed by atoms with Crippen LogP contribution in [0.1, 0.15) is 11.6 Å². The van der Waals surface area contributed by atoms with Gasteiger partial charge in [0.15, 0.2) is 17.1 Å². The number of aromatic nitrogens is 2. The molecule has 2 aromatic heterocycles. The molecule has 0 aromatic carbocycles. The summed E-state index contributed by atoms with van der Waals surface area (Å²) in [6, 6.07) is 3.46. The van der Waals surface area contributed by atoms with E-state index in [1.54, 1.807) is 0 Å². The molecule has 1 unspecified atom stereocenters. The van der Waals surface area contributed by atoms with E-state index in [-0.39, 0.29) is 11.9 Å². The second-order valence-corrected chi connectivity index (χ2v) is 4.38. The Hall–Kier alpha value is -1.95. The van der Waals surface area contributed by atoms with Crippen LogP contribution in [0.4, 0.5) is 0 Å². The lowest BCUT2D eigenvalue weighted by Gasteiger charge is -2.22. The molecule has 3 rings (SSSR count). The van der Waals surface area contributed by atoms with E-state index < -0.39 is 0 Å². The van der Waals surface area contributed by atoms with Gasteiger partial charge in [0.05, 0.1) is 6.04 Å². The third-order valence-electron chi connectivity index (χ3n) is 2.95. The number of piperazine rings is 1. The van der Waals surface area contributed by atoms with Gasteiger partial charge in [-0.15, -0.1) is 0 Å². The molecule has 0 bridgehead atoms. The fraction of sp³-hybridized carbons (Fsp3) is 0.417. The summed E-state index contributed by atoms with van der Waals surface area (Å²) in [5.41, 5.74) is 2.16. The maximum absolute atomic E-state index is 11.6. The van der Waals surface area contributed by atoms with Crippen LogP contribution in [0.2, 0.25) is 0 Å². The van der Waals surface area contributed by atoms with Crippen molar-refractivity contribution in [2.45, 2.75) is 19.4 Å². The lowest BCUT2D eigenvalue weighted by atomic mass is 10.1. The van der Waals surface area contributed by atoms with Gasteiger partial charge in [-0.2, -0.15) is 4.98 Å². The number of fused-ring (bicyclic) bond motifs is 1. The molecular formula is C12H14N4O2. The van der Waals surface area contributed by atoms with E-state index in [4.69, 9.17) is 4.42 Å². The molecule has 2 N–H and O–H groups in total. The molecule has 0 saturated carbocycles. The highest BCUT2D eigenvalue weighted by molar-refractivity contribution is 5.82. The van der Waals surface area contributed by atoms with Crippen molar-refractivity contribution < 1.29 is 9.21 Å². The van der Waals surface area contributed by atoms with Crippen molar-refractivity contribution in [2.24, 2.45) is 0 Å². The molecular weight excluding hydrogens is 232 g/mol. The minimum atomic E-state index is -0.270. The van der Waals surface area contributed by atoms with Gasteiger partial charge in [0.2, 0.25) is 5.91 Å². The van der Waals surface area contributed by atoms with Gasteiger partial charge >= 0.3 is 0 Å². The number of hydrogen-bond acceptors (Lipinski definition) is 5. The van der Waals surface area contributed by atoms with Crippen molar-refractivity contribution in [1.82, 2.24) is 20.6 Å². The average Bonchev–Trinajstić information content (AvgIpc) is 2.73. The second kappa shape index (κ2) is 4.38. The van der Waals surface area contributed by atoms with Crippen LogP contribution in [0, 0.1) is 6.92 Å². The molecule has 1 aliphatic rings. The van der Waals surface area contributed by atoms with Gasteiger partial charge in [0, 0.05) is 25.2 Å². The summed E-state index contributed by atoms with van der Waals surface area (Å²) in [6.45, 7) is 3.35. The van der Waals surface area contributed by atoms with Crippen LogP contribution in [0.15, 0.2) is 16.5 Å². The molecule has 18 heavy (non-hydrogen) atoms. The Labute approximate surface area is 104 Å². The molecule has 6 nitrogen and oxygen atoms in total. The highest BCUT2D eigenvalue weighted by Gasteiger charge is 2.23. The summed E-state index contributed by atoms with van der Waals surface area (Å²) < 4.78 is 5.58.